The minimum atomic E-state index is -0.964. The molecule has 0 bridgehead atoms. The van der Waals surface area contributed by atoms with Gasteiger partial charge in [0.05, 0.1) is 11.4 Å². The van der Waals surface area contributed by atoms with Crippen molar-refractivity contribution < 1.29 is 9.90 Å². The highest BCUT2D eigenvalue weighted by atomic mass is 35.5. The Hall–Kier alpha value is -2.59. The lowest BCUT2D eigenvalue weighted by atomic mass is 10.0. The third kappa shape index (κ3) is 3.37. The van der Waals surface area contributed by atoms with Gasteiger partial charge in [-0.3, -0.25) is 0 Å². The van der Waals surface area contributed by atoms with Crippen LogP contribution in [0.2, 0.25) is 5.02 Å². The number of rotatable bonds is 5. The number of aryl methyl sites for hydroxylation is 2. The topological polar surface area (TPSA) is 55.1 Å². The smallest absolute Gasteiger partial charge is 0.339 e. The van der Waals surface area contributed by atoms with Gasteiger partial charge in [-0.25, -0.2) is 9.48 Å². The lowest BCUT2D eigenvalue weighted by molar-refractivity contribution is 0.0696. The van der Waals surface area contributed by atoms with Crippen LogP contribution in [0, 0.1) is 13.8 Å². The van der Waals surface area contributed by atoms with E-state index in [1.54, 1.807) is 28.9 Å². The van der Waals surface area contributed by atoms with Crippen molar-refractivity contribution in [3.05, 3.63) is 69.9 Å². The first kappa shape index (κ1) is 18.2. The summed E-state index contributed by atoms with van der Waals surface area (Å²) in [7, 11) is 0. The molecule has 134 valence electrons. The maximum Gasteiger partial charge on any atom is 0.339 e. The van der Waals surface area contributed by atoms with Crippen LogP contribution in [0.1, 0.15) is 40.5 Å². The van der Waals surface area contributed by atoms with Crippen LogP contribution in [0.25, 0.3) is 16.9 Å². The lowest BCUT2D eigenvalue weighted by Gasteiger charge is -2.09. The van der Waals surface area contributed by atoms with E-state index in [0.717, 1.165) is 23.2 Å². The molecule has 0 saturated carbocycles. The molecule has 0 aliphatic carbocycles. The van der Waals surface area contributed by atoms with Crippen LogP contribution in [0.5, 0.6) is 0 Å². The second-order valence-electron chi connectivity index (χ2n) is 6.41. The summed E-state index contributed by atoms with van der Waals surface area (Å²) in [5.41, 5.74) is 5.39. The second kappa shape index (κ2) is 7.34. The van der Waals surface area contributed by atoms with Gasteiger partial charge in [0.15, 0.2) is 0 Å². The van der Waals surface area contributed by atoms with Gasteiger partial charge in [0, 0.05) is 10.6 Å². The van der Waals surface area contributed by atoms with Gasteiger partial charge in [0.25, 0.3) is 0 Å². The Bertz CT molecular complexity index is 959. The van der Waals surface area contributed by atoms with Crippen molar-refractivity contribution in [2.45, 2.75) is 33.6 Å². The molecule has 3 aromatic rings. The highest BCUT2D eigenvalue weighted by molar-refractivity contribution is 6.30. The predicted molar refractivity (Wildman–Crippen MR) is 104 cm³/mol. The Morgan fingerprint density at radius 1 is 1.12 bits per heavy atom. The molecule has 0 unspecified atom stereocenters. The van der Waals surface area contributed by atoms with Crippen molar-refractivity contribution in [2.24, 2.45) is 0 Å². The van der Waals surface area contributed by atoms with Crippen LogP contribution in [-0.4, -0.2) is 20.9 Å². The summed E-state index contributed by atoms with van der Waals surface area (Å²) in [5, 5.41) is 15.2. The first-order valence-electron chi connectivity index (χ1n) is 8.61. The van der Waals surface area contributed by atoms with Gasteiger partial charge >= 0.3 is 5.97 Å². The Morgan fingerprint density at radius 3 is 2.38 bits per heavy atom. The van der Waals surface area contributed by atoms with E-state index in [2.05, 4.69) is 12.0 Å². The highest BCUT2D eigenvalue weighted by Crippen LogP contribution is 2.30. The quantitative estimate of drug-likeness (QED) is 0.650. The Labute approximate surface area is 158 Å². The Balaban J connectivity index is 2.27. The fraction of sp³-hybridized carbons (Fsp3) is 0.238. The van der Waals surface area contributed by atoms with E-state index in [1.165, 1.54) is 5.56 Å². The van der Waals surface area contributed by atoms with Gasteiger partial charge in [-0.2, -0.15) is 5.10 Å². The predicted octanol–water partition coefficient (Wildman–Crippen LogP) is 5.46. The van der Waals surface area contributed by atoms with Gasteiger partial charge in [-0.1, -0.05) is 43.1 Å². The van der Waals surface area contributed by atoms with Crippen molar-refractivity contribution >= 4 is 17.6 Å². The third-order valence-corrected chi connectivity index (χ3v) is 4.79. The number of halogens is 1. The van der Waals surface area contributed by atoms with Crippen LogP contribution in [0.4, 0.5) is 0 Å². The van der Waals surface area contributed by atoms with Crippen LogP contribution in [-0.2, 0) is 6.42 Å². The molecule has 26 heavy (non-hydrogen) atoms. The monoisotopic (exact) mass is 368 g/mol. The zero-order valence-electron chi connectivity index (χ0n) is 15.1. The largest absolute Gasteiger partial charge is 0.478 e. The van der Waals surface area contributed by atoms with Gasteiger partial charge in [-0.05, 0) is 55.7 Å². The molecule has 0 aliphatic rings. The van der Waals surface area contributed by atoms with E-state index in [-0.39, 0.29) is 5.56 Å². The van der Waals surface area contributed by atoms with Gasteiger partial charge in [-0.15, -0.1) is 0 Å². The minimum absolute atomic E-state index is 0.257. The van der Waals surface area contributed by atoms with Gasteiger partial charge < -0.3 is 5.11 Å². The summed E-state index contributed by atoms with van der Waals surface area (Å²) in [6, 6.07) is 13.2. The van der Waals surface area contributed by atoms with Gasteiger partial charge in [0.1, 0.15) is 11.3 Å². The summed E-state index contributed by atoms with van der Waals surface area (Å²) >= 11 is 5.97. The Kier molecular flexibility index (Phi) is 5.14. The van der Waals surface area contributed by atoms with Gasteiger partial charge in [0.2, 0.25) is 0 Å². The van der Waals surface area contributed by atoms with E-state index in [4.69, 9.17) is 11.6 Å². The molecule has 1 heterocycles. The fourth-order valence-corrected chi connectivity index (χ4v) is 3.15. The molecular formula is C21H21ClN2O2. The molecule has 0 amide bonds. The van der Waals surface area contributed by atoms with Crippen LogP contribution in [0.15, 0.2) is 42.5 Å². The number of hydrogen-bond acceptors (Lipinski definition) is 2. The molecule has 0 radical (unpaired) electrons. The molecule has 3 rings (SSSR count). The normalized spacial score (nSPS) is 10.9. The van der Waals surface area contributed by atoms with Crippen LogP contribution in [0.3, 0.4) is 0 Å². The van der Waals surface area contributed by atoms with E-state index >= 15 is 0 Å². The number of carbonyl (C=O) groups is 1. The zero-order chi connectivity index (χ0) is 18.8. The number of aromatic nitrogens is 2. The van der Waals surface area contributed by atoms with Crippen LogP contribution >= 0.6 is 11.6 Å². The summed E-state index contributed by atoms with van der Waals surface area (Å²) in [4.78, 5) is 12.0. The third-order valence-electron chi connectivity index (χ3n) is 4.53. The van der Waals surface area contributed by atoms with Crippen molar-refractivity contribution in [3.63, 3.8) is 0 Å². The minimum Gasteiger partial charge on any atom is -0.478 e. The SMILES string of the molecule is CCCc1c(C(=O)O)c(-c2ccc(Cl)cc2)nn1-c1ccc(C)c(C)c1. The number of hydrogen-bond donors (Lipinski definition) is 1. The molecule has 2 aromatic carbocycles. The average Bonchev–Trinajstić information content (AvgIpc) is 2.98. The highest BCUT2D eigenvalue weighted by Gasteiger charge is 2.24. The molecule has 0 spiro atoms. The first-order valence-corrected chi connectivity index (χ1v) is 8.99. The molecule has 5 heteroatoms. The molecule has 0 atom stereocenters. The summed E-state index contributed by atoms with van der Waals surface area (Å²) in [6.07, 6.45) is 1.46. The number of nitrogens with zero attached hydrogens (tertiary/aromatic N) is 2. The molecule has 1 N–H and O–H groups in total. The van der Waals surface area contributed by atoms with E-state index in [9.17, 15) is 9.90 Å². The molecular weight excluding hydrogens is 348 g/mol. The summed E-state index contributed by atoms with van der Waals surface area (Å²) in [6.45, 7) is 6.13. The number of carboxylic acid groups (broad SMARTS) is 1. The van der Waals surface area contributed by atoms with Crippen molar-refractivity contribution in [1.82, 2.24) is 9.78 Å². The zero-order valence-corrected chi connectivity index (χ0v) is 15.8. The maximum absolute atomic E-state index is 12.0. The maximum atomic E-state index is 12.0. The van der Waals surface area contributed by atoms with Crippen LogP contribution < -0.4 is 0 Å². The number of aromatic carboxylic acids is 1. The standard InChI is InChI=1S/C21H21ClN2O2/c1-4-5-18-19(21(25)26)20(15-7-9-16(22)10-8-15)23-24(18)17-11-6-13(2)14(3)12-17/h6-12H,4-5H2,1-3H3,(H,25,26). The van der Waals surface area contributed by atoms with Crippen molar-refractivity contribution in [1.29, 1.82) is 0 Å². The second-order valence-corrected chi connectivity index (χ2v) is 6.85. The molecule has 0 aliphatic heterocycles. The van der Waals surface area contributed by atoms with E-state index in [1.807, 2.05) is 32.0 Å². The number of carboxylic acids is 1. The van der Waals surface area contributed by atoms with E-state index < -0.39 is 5.97 Å². The molecule has 0 saturated heterocycles. The summed E-state index contributed by atoms with van der Waals surface area (Å²) < 4.78 is 1.77. The molecule has 1 aromatic heterocycles. The summed E-state index contributed by atoms with van der Waals surface area (Å²) in [5.74, 6) is -0.964. The number of benzene rings is 2. The van der Waals surface area contributed by atoms with E-state index in [0.29, 0.717) is 22.8 Å². The Morgan fingerprint density at radius 2 is 1.81 bits per heavy atom. The van der Waals surface area contributed by atoms with Crippen molar-refractivity contribution in [2.75, 3.05) is 0 Å². The molecule has 4 nitrogen and oxygen atoms in total. The fourth-order valence-electron chi connectivity index (χ4n) is 3.03. The first-order chi connectivity index (χ1) is 12.4. The molecule has 0 fully saturated rings. The average molecular weight is 369 g/mol. The van der Waals surface area contributed by atoms with Crippen molar-refractivity contribution in [3.8, 4) is 16.9 Å². The lowest BCUT2D eigenvalue weighted by Crippen LogP contribution is -2.07.